The Labute approximate surface area is 199 Å². The number of benzene rings is 1. The van der Waals surface area contributed by atoms with E-state index in [4.69, 9.17) is 9.72 Å². The molecule has 0 radical (unpaired) electrons. The molecule has 33 heavy (non-hydrogen) atoms. The number of fused-ring (bicyclic) bond motifs is 1. The molecular formula is C27H42N4O2. The number of aryl methyl sites for hydroxylation is 1. The lowest BCUT2D eigenvalue weighted by molar-refractivity contribution is -0.127. The standard InChI is InChI=1S/C27H42N4O2/c1-6-20(7-2)27(32)21(8-3)9-10-25(31-15-13-28-14-16-31)30-24-18-22(33-5)17-23-19(4)11-12-29-26(23)24/h11-12,17-18,20-21,25,28,30H,6-10,13-16H2,1-5H3. The Balaban J connectivity index is 1.86. The number of aromatic nitrogens is 1. The minimum Gasteiger partial charge on any atom is -0.497 e. The summed E-state index contributed by atoms with van der Waals surface area (Å²) in [4.78, 5) is 20.3. The average Bonchev–Trinajstić information content (AvgIpc) is 2.85. The van der Waals surface area contributed by atoms with Crippen LogP contribution in [0.1, 0.15) is 58.4 Å². The van der Waals surface area contributed by atoms with Crippen LogP contribution in [-0.4, -0.2) is 55.1 Å². The number of carbonyl (C=O) groups excluding carboxylic acids is 1. The number of nitrogens with zero attached hydrogens (tertiary/aromatic N) is 2. The van der Waals surface area contributed by atoms with Gasteiger partial charge >= 0.3 is 0 Å². The molecule has 1 aromatic carbocycles. The third-order valence-electron chi connectivity index (χ3n) is 7.26. The smallest absolute Gasteiger partial charge is 0.139 e. The molecule has 1 aliphatic rings. The zero-order valence-corrected chi connectivity index (χ0v) is 21.1. The molecule has 2 N–H and O–H groups in total. The Kier molecular flexibility index (Phi) is 9.51. The van der Waals surface area contributed by atoms with Gasteiger partial charge in [0.2, 0.25) is 0 Å². The Morgan fingerprint density at radius 1 is 1.12 bits per heavy atom. The molecule has 0 spiro atoms. The van der Waals surface area contributed by atoms with Gasteiger partial charge in [0.1, 0.15) is 11.5 Å². The molecule has 0 bridgehead atoms. The first kappa shape index (κ1) is 25.4. The van der Waals surface area contributed by atoms with E-state index in [9.17, 15) is 4.79 Å². The Morgan fingerprint density at radius 2 is 1.82 bits per heavy atom. The Bertz CT molecular complexity index is 906. The number of methoxy groups -OCH3 is 1. The molecule has 0 amide bonds. The lowest BCUT2D eigenvalue weighted by Gasteiger charge is -2.37. The molecule has 0 saturated carbocycles. The summed E-state index contributed by atoms with van der Waals surface area (Å²) in [6, 6.07) is 6.15. The highest BCUT2D eigenvalue weighted by Gasteiger charge is 2.27. The van der Waals surface area contributed by atoms with Crippen LogP contribution in [0.5, 0.6) is 5.75 Å². The predicted octanol–water partition coefficient (Wildman–Crippen LogP) is 5.01. The van der Waals surface area contributed by atoms with E-state index in [2.05, 4.69) is 55.4 Å². The number of anilines is 1. The van der Waals surface area contributed by atoms with Crippen LogP contribution in [-0.2, 0) is 4.79 Å². The number of rotatable bonds is 12. The third kappa shape index (κ3) is 6.24. The third-order valence-corrected chi connectivity index (χ3v) is 7.26. The Hall–Kier alpha value is -2.18. The molecule has 1 aliphatic heterocycles. The van der Waals surface area contributed by atoms with Crippen molar-refractivity contribution in [2.45, 2.75) is 66.0 Å². The maximum absolute atomic E-state index is 13.1. The molecular weight excluding hydrogens is 412 g/mol. The number of carbonyl (C=O) groups is 1. The van der Waals surface area contributed by atoms with Gasteiger partial charge in [0.05, 0.1) is 24.5 Å². The highest BCUT2D eigenvalue weighted by molar-refractivity contribution is 5.94. The van der Waals surface area contributed by atoms with Gasteiger partial charge in [-0.1, -0.05) is 20.8 Å². The van der Waals surface area contributed by atoms with E-state index in [0.717, 1.165) is 80.6 Å². The topological polar surface area (TPSA) is 66.5 Å². The fourth-order valence-electron chi connectivity index (χ4n) is 5.04. The number of ketones is 1. The van der Waals surface area contributed by atoms with Crippen molar-refractivity contribution >= 4 is 22.4 Å². The molecule has 1 fully saturated rings. The van der Waals surface area contributed by atoms with Gasteiger partial charge < -0.3 is 15.4 Å². The second-order valence-corrected chi connectivity index (χ2v) is 9.24. The van der Waals surface area contributed by atoms with Crippen molar-refractivity contribution in [2.24, 2.45) is 11.8 Å². The van der Waals surface area contributed by atoms with Crippen LogP contribution in [0.2, 0.25) is 0 Å². The zero-order chi connectivity index (χ0) is 23.8. The lowest BCUT2D eigenvalue weighted by atomic mass is 9.84. The predicted molar refractivity (Wildman–Crippen MR) is 137 cm³/mol. The fraction of sp³-hybridized carbons (Fsp3) is 0.630. The quantitative estimate of drug-likeness (QED) is 0.470. The van der Waals surface area contributed by atoms with E-state index in [1.165, 1.54) is 5.56 Å². The maximum Gasteiger partial charge on any atom is 0.139 e. The number of pyridine rings is 1. The molecule has 2 aromatic rings. The SMILES string of the molecule is CCC(CC)C(=O)C(CC)CCC(Nc1cc(OC)cc2c(C)ccnc12)N1CCNCC1. The molecule has 182 valence electrons. The first-order valence-corrected chi connectivity index (χ1v) is 12.7. The van der Waals surface area contributed by atoms with E-state index in [0.29, 0.717) is 5.78 Å². The molecule has 6 nitrogen and oxygen atoms in total. The highest BCUT2D eigenvalue weighted by Crippen LogP contribution is 2.31. The van der Waals surface area contributed by atoms with Crippen LogP contribution in [0.25, 0.3) is 10.9 Å². The molecule has 1 saturated heterocycles. The first-order chi connectivity index (χ1) is 16.0. The minimum atomic E-state index is 0.129. The summed E-state index contributed by atoms with van der Waals surface area (Å²) in [5.41, 5.74) is 3.15. The molecule has 2 atom stereocenters. The number of hydrogen-bond acceptors (Lipinski definition) is 6. The lowest BCUT2D eigenvalue weighted by Crippen LogP contribution is -2.51. The Morgan fingerprint density at radius 3 is 2.45 bits per heavy atom. The van der Waals surface area contributed by atoms with Crippen molar-refractivity contribution in [2.75, 3.05) is 38.6 Å². The monoisotopic (exact) mass is 454 g/mol. The van der Waals surface area contributed by atoms with Crippen LogP contribution in [0.15, 0.2) is 24.4 Å². The summed E-state index contributed by atoms with van der Waals surface area (Å²) in [5, 5.41) is 8.38. The van der Waals surface area contributed by atoms with Gasteiger partial charge in [-0.25, -0.2) is 0 Å². The molecule has 3 rings (SSSR count). The van der Waals surface area contributed by atoms with Gasteiger partial charge in [0.15, 0.2) is 0 Å². The van der Waals surface area contributed by atoms with E-state index in [1.807, 2.05) is 12.3 Å². The van der Waals surface area contributed by atoms with Crippen LogP contribution in [0.3, 0.4) is 0 Å². The summed E-state index contributed by atoms with van der Waals surface area (Å²) in [6.45, 7) is 12.5. The van der Waals surface area contributed by atoms with Gasteiger partial charge in [-0.05, 0) is 56.7 Å². The number of Topliss-reactive ketones (excluding diaryl/α,β-unsaturated/α-hetero) is 1. The summed E-state index contributed by atoms with van der Waals surface area (Å²) < 4.78 is 5.61. The summed E-state index contributed by atoms with van der Waals surface area (Å²) >= 11 is 0. The van der Waals surface area contributed by atoms with Gasteiger partial charge in [0, 0.05) is 55.7 Å². The summed E-state index contributed by atoms with van der Waals surface area (Å²) in [5.74, 6) is 1.60. The van der Waals surface area contributed by atoms with Gasteiger partial charge in [-0.15, -0.1) is 0 Å². The molecule has 2 unspecified atom stereocenters. The second-order valence-electron chi connectivity index (χ2n) is 9.24. The van der Waals surface area contributed by atoms with Crippen LogP contribution >= 0.6 is 0 Å². The van der Waals surface area contributed by atoms with Crippen LogP contribution in [0.4, 0.5) is 5.69 Å². The highest BCUT2D eigenvalue weighted by atomic mass is 16.5. The molecule has 2 heterocycles. The van der Waals surface area contributed by atoms with Crippen LogP contribution < -0.4 is 15.4 Å². The van der Waals surface area contributed by atoms with Crippen molar-refractivity contribution < 1.29 is 9.53 Å². The van der Waals surface area contributed by atoms with Gasteiger partial charge in [0.25, 0.3) is 0 Å². The number of nitrogens with one attached hydrogen (secondary N) is 2. The number of piperazine rings is 1. The van der Waals surface area contributed by atoms with Crippen LogP contribution in [0, 0.1) is 18.8 Å². The van der Waals surface area contributed by atoms with Crippen molar-refractivity contribution in [3.8, 4) is 5.75 Å². The van der Waals surface area contributed by atoms with E-state index in [-0.39, 0.29) is 18.0 Å². The summed E-state index contributed by atoms with van der Waals surface area (Å²) in [7, 11) is 1.71. The zero-order valence-electron chi connectivity index (χ0n) is 21.1. The van der Waals surface area contributed by atoms with Crippen molar-refractivity contribution in [1.82, 2.24) is 15.2 Å². The van der Waals surface area contributed by atoms with Gasteiger partial charge in [-0.2, -0.15) is 0 Å². The van der Waals surface area contributed by atoms with E-state index < -0.39 is 0 Å². The first-order valence-electron chi connectivity index (χ1n) is 12.7. The molecule has 0 aliphatic carbocycles. The normalized spacial score (nSPS) is 16.7. The number of ether oxygens (including phenoxy) is 1. The average molecular weight is 455 g/mol. The van der Waals surface area contributed by atoms with Crippen molar-refractivity contribution in [3.63, 3.8) is 0 Å². The summed E-state index contributed by atoms with van der Waals surface area (Å²) in [6.07, 6.45) is 6.63. The maximum atomic E-state index is 13.1. The molecule has 6 heteroatoms. The van der Waals surface area contributed by atoms with Gasteiger partial charge in [-0.3, -0.25) is 14.7 Å². The fourth-order valence-corrected chi connectivity index (χ4v) is 5.04. The minimum absolute atomic E-state index is 0.129. The number of hydrogen-bond donors (Lipinski definition) is 2. The van der Waals surface area contributed by atoms with E-state index in [1.54, 1.807) is 7.11 Å². The molecule has 1 aromatic heterocycles. The second kappa shape index (κ2) is 12.3. The van der Waals surface area contributed by atoms with Crippen molar-refractivity contribution in [1.29, 1.82) is 0 Å². The largest absolute Gasteiger partial charge is 0.497 e. The van der Waals surface area contributed by atoms with E-state index >= 15 is 0 Å². The van der Waals surface area contributed by atoms with Crippen molar-refractivity contribution in [3.05, 3.63) is 30.0 Å².